The fourth-order valence-electron chi connectivity index (χ4n) is 4.99. The number of aryl methyl sites for hydroxylation is 2. The summed E-state index contributed by atoms with van der Waals surface area (Å²) in [4.78, 5) is 39.3. The van der Waals surface area contributed by atoms with Gasteiger partial charge in [0.25, 0.3) is 5.56 Å². The van der Waals surface area contributed by atoms with Crippen LogP contribution >= 0.6 is 0 Å². The molecule has 0 spiro atoms. The fraction of sp³-hybridized carbons (Fsp3) is 0.179. The number of carboxylic acid groups (broad SMARTS) is 1. The van der Waals surface area contributed by atoms with Crippen LogP contribution in [0, 0.1) is 6.92 Å². The summed E-state index contributed by atoms with van der Waals surface area (Å²) in [6, 6.07) is 21.0. The Balaban J connectivity index is 1.80. The average molecular weight is 468 g/mol. The van der Waals surface area contributed by atoms with Crippen molar-refractivity contribution in [3.63, 3.8) is 0 Å². The highest BCUT2D eigenvalue weighted by molar-refractivity contribution is 5.87. The van der Waals surface area contributed by atoms with E-state index in [1.807, 2.05) is 49.0 Å². The van der Waals surface area contributed by atoms with Gasteiger partial charge in [-0.05, 0) is 41.8 Å². The minimum atomic E-state index is -1.09. The Kier molecular flexibility index (Phi) is 5.61. The predicted molar refractivity (Wildman–Crippen MR) is 136 cm³/mol. The Morgan fingerprint density at radius 3 is 2.34 bits per heavy atom. The largest absolute Gasteiger partial charge is 0.481 e. The molecule has 5 rings (SSSR count). The number of para-hydroxylation sites is 1. The molecule has 2 heterocycles. The molecule has 7 nitrogen and oxygen atoms in total. The first-order valence-electron chi connectivity index (χ1n) is 11.4. The summed E-state index contributed by atoms with van der Waals surface area (Å²) in [5.74, 6) is -1.09. The molecule has 0 saturated heterocycles. The van der Waals surface area contributed by atoms with E-state index in [1.165, 1.54) is 0 Å². The van der Waals surface area contributed by atoms with Crippen molar-refractivity contribution in [2.24, 2.45) is 7.05 Å². The lowest BCUT2D eigenvalue weighted by Crippen LogP contribution is -2.43. The number of fused-ring (bicyclic) bond motifs is 2. The van der Waals surface area contributed by atoms with Crippen molar-refractivity contribution in [3.8, 4) is 0 Å². The third-order valence-corrected chi connectivity index (χ3v) is 6.57. The second-order valence-electron chi connectivity index (χ2n) is 8.82. The normalized spacial score (nSPS) is 12.3. The number of aliphatic carboxylic acids is 1. The van der Waals surface area contributed by atoms with Crippen molar-refractivity contribution >= 4 is 27.8 Å². The Labute approximate surface area is 201 Å². The van der Waals surface area contributed by atoms with E-state index in [9.17, 15) is 19.5 Å². The van der Waals surface area contributed by atoms with Crippen LogP contribution in [-0.4, -0.2) is 24.8 Å². The van der Waals surface area contributed by atoms with Gasteiger partial charge in [-0.15, -0.1) is 0 Å². The van der Waals surface area contributed by atoms with E-state index in [4.69, 9.17) is 0 Å². The van der Waals surface area contributed by atoms with Crippen LogP contribution in [0.25, 0.3) is 21.8 Å². The van der Waals surface area contributed by atoms with Crippen molar-refractivity contribution in [3.05, 3.63) is 117 Å². The smallest absolute Gasteiger partial charge is 0.332 e. The average Bonchev–Trinajstić information content (AvgIpc) is 3.18. The van der Waals surface area contributed by atoms with Gasteiger partial charge in [-0.3, -0.25) is 18.7 Å². The van der Waals surface area contributed by atoms with Crippen molar-refractivity contribution in [2.75, 3.05) is 0 Å². The third kappa shape index (κ3) is 3.85. The van der Waals surface area contributed by atoms with E-state index in [2.05, 4.69) is 0 Å². The van der Waals surface area contributed by atoms with Crippen LogP contribution in [0.1, 0.15) is 29.2 Å². The maximum atomic E-state index is 14.0. The summed E-state index contributed by atoms with van der Waals surface area (Å²) < 4.78 is 4.71. The number of rotatable bonds is 6. The maximum absolute atomic E-state index is 14.0. The molecule has 0 aliphatic carbocycles. The molecule has 35 heavy (non-hydrogen) atoms. The first kappa shape index (κ1) is 22.4. The molecule has 2 aromatic heterocycles. The molecular formula is C28H25N3O4. The molecule has 0 bridgehead atoms. The standard InChI is InChI=1S/C28H25N3O4/c1-18-9-8-14-23-26(18)20(16-29(23)2)17-30-22-13-7-6-12-21(22)27(34)31(28(30)35)24(15-25(32)33)19-10-4-3-5-11-19/h3-14,16,24H,15,17H2,1-2H3,(H,32,33)/t24-/m0/s1. The molecule has 0 aliphatic rings. The van der Waals surface area contributed by atoms with Crippen LogP contribution in [0.2, 0.25) is 0 Å². The van der Waals surface area contributed by atoms with E-state index in [-0.39, 0.29) is 13.0 Å². The number of hydrogen-bond donors (Lipinski definition) is 1. The van der Waals surface area contributed by atoms with Gasteiger partial charge in [0.2, 0.25) is 0 Å². The van der Waals surface area contributed by atoms with Gasteiger partial charge >= 0.3 is 11.7 Å². The molecule has 7 heteroatoms. The van der Waals surface area contributed by atoms with Gasteiger partial charge in [0.05, 0.1) is 29.9 Å². The molecule has 0 radical (unpaired) electrons. The summed E-state index contributed by atoms with van der Waals surface area (Å²) in [5, 5.41) is 11.1. The molecule has 1 N–H and O–H groups in total. The van der Waals surface area contributed by atoms with Crippen molar-refractivity contribution in [2.45, 2.75) is 25.9 Å². The van der Waals surface area contributed by atoms with Crippen LogP contribution in [0.5, 0.6) is 0 Å². The monoisotopic (exact) mass is 467 g/mol. The molecule has 0 unspecified atom stereocenters. The van der Waals surface area contributed by atoms with E-state index < -0.39 is 23.3 Å². The number of hydrogen-bond acceptors (Lipinski definition) is 3. The molecule has 0 amide bonds. The van der Waals surface area contributed by atoms with E-state index in [0.29, 0.717) is 16.5 Å². The van der Waals surface area contributed by atoms with Gasteiger partial charge in [-0.2, -0.15) is 0 Å². The van der Waals surface area contributed by atoms with Crippen LogP contribution < -0.4 is 11.2 Å². The van der Waals surface area contributed by atoms with Crippen LogP contribution in [0.15, 0.2) is 88.6 Å². The number of aromatic nitrogens is 3. The van der Waals surface area contributed by atoms with E-state index in [0.717, 1.165) is 26.6 Å². The Morgan fingerprint density at radius 2 is 1.60 bits per heavy atom. The second-order valence-corrected chi connectivity index (χ2v) is 8.82. The highest BCUT2D eigenvalue weighted by atomic mass is 16.4. The molecule has 176 valence electrons. The summed E-state index contributed by atoms with van der Waals surface area (Å²) in [7, 11) is 1.96. The molecular weight excluding hydrogens is 442 g/mol. The van der Waals surface area contributed by atoms with Gasteiger partial charge < -0.3 is 9.67 Å². The molecule has 1 atom stereocenters. The van der Waals surface area contributed by atoms with E-state index >= 15 is 0 Å². The highest BCUT2D eigenvalue weighted by Gasteiger charge is 2.24. The summed E-state index contributed by atoms with van der Waals surface area (Å²) >= 11 is 0. The summed E-state index contributed by atoms with van der Waals surface area (Å²) in [5.41, 5.74) is 3.19. The van der Waals surface area contributed by atoms with Gasteiger partial charge in [0.1, 0.15) is 0 Å². The third-order valence-electron chi connectivity index (χ3n) is 6.57. The number of carbonyl (C=O) groups is 1. The van der Waals surface area contributed by atoms with Gasteiger partial charge in [-0.25, -0.2) is 4.79 Å². The molecule has 0 fully saturated rings. The van der Waals surface area contributed by atoms with Crippen LogP contribution in [0.3, 0.4) is 0 Å². The molecule has 5 aromatic rings. The highest BCUT2D eigenvalue weighted by Crippen LogP contribution is 2.26. The molecule has 0 aliphatic heterocycles. The Morgan fingerprint density at radius 1 is 0.914 bits per heavy atom. The quantitative estimate of drug-likeness (QED) is 0.408. The minimum Gasteiger partial charge on any atom is -0.481 e. The molecule has 3 aromatic carbocycles. The lowest BCUT2D eigenvalue weighted by molar-refractivity contribution is -0.137. The Hall–Kier alpha value is -4.39. The van der Waals surface area contributed by atoms with Crippen LogP contribution in [-0.2, 0) is 18.4 Å². The van der Waals surface area contributed by atoms with Crippen molar-refractivity contribution in [1.82, 2.24) is 13.7 Å². The Bertz CT molecular complexity index is 1690. The predicted octanol–water partition coefficient (Wildman–Crippen LogP) is 4.08. The van der Waals surface area contributed by atoms with Gasteiger partial charge in [0.15, 0.2) is 0 Å². The van der Waals surface area contributed by atoms with Crippen LogP contribution in [0.4, 0.5) is 0 Å². The molecule has 0 saturated carbocycles. The maximum Gasteiger partial charge on any atom is 0.332 e. The summed E-state index contributed by atoms with van der Waals surface area (Å²) in [6.45, 7) is 2.28. The zero-order valence-electron chi connectivity index (χ0n) is 19.5. The van der Waals surface area contributed by atoms with Gasteiger partial charge in [-0.1, -0.05) is 54.6 Å². The van der Waals surface area contributed by atoms with Gasteiger partial charge in [0, 0.05) is 24.1 Å². The van der Waals surface area contributed by atoms with Crippen molar-refractivity contribution < 1.29 is 9.90 Å². The minimum absolute atomic E-state index is 0.246. The van der Waals surface area contributed by atoms with Crippen molar-refractivity contribution in [1.29, 1.82) is 0 Å². The lowest BCUT2D eigenvalue weighted by atomic mass is 10.0. The number of benzene rings is 3. The topological polar surface area (TPSA) is 86.2 Å². The SMILES string of the molecule is Cc1cccc2c1c(Cn1c(=O)n([C@@H](CC(=O)O)c3ccccc3)c(=O)c3ccccc31)cn2C. The number of carboxylic acids is 1. The summed E-state index contributed by atoms with van der Waals surface area (Å²) in [6.07, 6.45) is 1.62. The first-order chi connectivity index (χ1) is 16.9. The fourth-order valence-corrected chi connectivity index (χ4v) is 4.99. The van der Waals surface area contributed by atoms with E-state index in [1.54, 1.807) is 53.1 Å². The second kappa shape index (κ2) is 8.76. The lowest BCUT2D eigenvalue weighted by Gasteiger charge is -2.21. The number of nitrogens with zero attached hydrogens (tertiary/aromatic N) is 3. The zero-order valence-corrected chi connectivity index (χ0v) is 19.5. The first-order valence-corrected chi connectivity index (χ1v) is 11.4. The zero-order chi connectivity index (χ0) is 24.7.